The van der Waals surface area contributed by atoms with Crippen molar-refractivity contribution in [1.82, 2.24) is 15.0 Å². The maximum absolute atomic E-state index is 13.4. The smallest absolute Gasteiger partial charge is 0.203 e. The van der Waals surface area contributed by atoms with Gasteiger partial charge in [0.25, 0.3) is 0 Å². The van der Waals surface area contributed by atoms with Crippen molar-refractivity contribution in [2.24, 2.45) is 11.3 Å². The molecule has 0 amide bonds. The molecule has 1 aliphatic carbocycles. The standard InChI is InChI=1S/C23H27N3O4/c1-13-7-6-8-23(13,2)21(27)15-11-24-22-19(15)26-16(12-25-22)14-9-17(28-3)20(30-5)18(10-14)29-4/h9-13H,6-8H2,1-5H3,(H,24,25)/t13-,23+/m1/s1. The highest BCUT2D eigenvalue weighted by molar-refractivity contribution is 6.09. The largest absolute Gasteiger partial charge is 0.493 e. The molecular weight excluding hydrogens is 382 g/mol. The van der Waals surface area contributed by atoms with Crippen molar-refractivity contribution in [2.45, 2.75) is 33.1 Å². The Morgan fingerprint density at radius 1 is 1.17 bits per heavy atom. The number of nitrogens with zero attached hydrogens (tertiary/aromatic N) is 2. The number of rotatable bonds is 6. The van der Waals surface area contributed by atoms with E-state index in [0.717, 1.165) is 24.8 Å². The Balaban J connectivity index is 1.81. The number of benzene rings is 1. The zero-order chi connectivity index (χ0) is 21.5. The Bertz CT molecular complexity index is 1080. The lowest BCUT2D eigenvalue weighted by atomic mass is 9.75. The van der Waals surface area contributed by atoms with Crippen LogP contribution in [-0.4, -0.2) is 42.1 Å². The molecule has 1 aliphatic rings. The van der Waals surface area contributed by atoms with Crippen molar-refractivity contribution >= 4 is 16.9 Å². The first-order valence-corrected chi connectivity index (χ1v) is 10.1. The highest BCUT2D eigenvalue weighted by Crippen LogP contribution is 2.46. The van der Waals surface area contributed by atoms with Crippen LogP contribution in [0.25, 0.3) is 22.4 Å². The number of fused-ring (bicyclic) bond motifs is 1. The molecule has 2 heterocycles. The second kappa shape index (κ2) is 7.63. The van der Waals surface area contributed by atoms with Crippen LogP contribution in [0.5, 0.6) is 17.2 Å². The predicted molar refractivity (Wildman–Crippen MR) is 114 cm³/mol. The molecule has 2 aromatic heterocycles. The number of carbonyl (C=O) groups excluding carboxylic acids is 1. The maximum Gasteiger partial charge on any atom is 0.203 e. The van der Waals surface area contributed by atoms with Gasteiger partial charge < -0.3 is 19.2 Å². The van der Waals surface area contributed by atoms with E-state index in [-0.39, 0.29) is 11.2 Å². The second-order valence-electron chi connectivity index (χ2n) is 8.11. The van der Waals surface area contributed by atoms with E-state index in [4.69, 9.17) is 19.2 Å². The minimum atomic E-state index is -0.362. The number of ether oxygens (including phenoxy) is 3. The fraction of sp³-hybridized carbons (Fsp3) is 0.435. The van der Waals surface area contributed by atoms with E-state index in [1.165, 1.54) is 0 Å². The van der Waals surface area contributed by atoms with Gasteiger partial charge in [0, 0.05) is 17.2 Å². The average Bonchev–Trinajstić information content (AvgIpc) is 3.35. The van der Waals surface area contributed by atoms with Gasteiger partial charge in [-0.2, -0.15) is 0 Å². The lowest BCUT2D eigenvalue weighted by molar-refractivity contribution is 0.0767. The Labute approximate surface area is 175 Å². The molecule has 4 rings (SSSR count). The summed E-state index contributed by atoms with van der Waals surface area (Å²) in [7, 11) is 4.71. The quantitative estimate of drug-likeness (QED) is 0.596. The first-order chi connectivity index (χ1) is 14.4. The first-order valence-electron chi connectivity index (χ1n) is 10.1. The molecule has 7 nitrogen and oxygen atoms in total. The number of carbonyl (C=O) groups is 1. The van der Waals surface area contributed by atoms with Crippen molar-refractivity contribution < 1.29 is 19.0 Å². The molecule has 0 bridgehead atoms. The molecule has 3 aromatic rings. The van der Waals surface area contributed by atoms with Crippen LogP contribution in [0, 0.1) is 11.3 Å². The summed E-state index contributed by atoms with van der Waals surface area (Å²) in [6.07, 6.45) is 6.47. The average molecular weight is 409 g/mol. The molecule has 1 N–H and O–H groups in total. The zero-order valence-electron chi connectivity index (χ0n) is 18.0. The Hall–Kier alpha value is -3.09. The number of aromatic nitrogens is 3. The van der Waals surface area contributed by atoms with Crippen molar-refractivity contribution in [3.05, 3.63) is 30.1 Å². The molecule has 0 radical (unpaired) electrons. The van der Waals surface area contributed by atoms with Crippen LogP contribution in [0.1, 0.15) is 43.5 Å². The van der Waals surface area contributed by atoms with Crippen molar-refractivity contribution in [3.63, 3.8) is 0 Å². The van der Waals surface area contributed by atoms with Gasteiger partial charge in [-0.1, -0.05) is 20.3 Å². The van der Waals surface area contributed by atoms with E-state index in [1.54, 1.807) is 33.7 Å². The molecule has 1 saturated carbocycles. The van der Waals surface area contributed by atoms with Gasteiger partial charge >= 0.3 is 0 Å². The molecular formula is C23H27N3O4. The topological polar surface area (TPSA) is 86.3 Å². The Kier molecular flexibility index (Phi) is 5.13. The van der Waals surface area contributed by atoms with Crippen LogP contribution >= 0.6 is 0 Å². The van der Waals surface area contributed by atoms with E-state index in [2.05, 4.69) is 23.8 Å². The second-order valence-corrected chi connectivity index (χ2v) is 8.11. The van der Waals surface area contributed by atoms with Crippen molar-refractivity contribution in [1.29, 1.82) is 0 Å². The number of H-pyrrole nitrogens is 1. The number of ketones is 1. The lowest BCUT2D eigenvalue weighted by Crippen LogP contribution is -2.30. The fourth-order valence-electron chi connectivity index (χ4n) is 4.42. The van der Waals surface area contributed by atoms with Gasteiger partial charge in [-0.15, -0.1) is 0 Å². The SMILES string of the molecule is COc1cc(-c2cnc3[nH]cc(C(=O)[C@@]4(C)CCC[C@H]4C)c3n2)cc(OC)c1OC. The number of methoxy groups -OCH3 is 3. The summed E-state index contributed by atoms with van der Waals surface area (Å²) < 4.78 is 16.3. The van der Waals surface area contributed by atoms with E-state index in [1.807, 2.05) is 12.1 Å². The summed E-state index contributed by atoms with van der Waals surface area (Å²) in [6.45, 7) is 4.23. The van der Waals surface area contributed by atoms with Crippen LogP contribution < -0.4 is 14.2 Å². The highest BCUT2D eigenvalue weighted by Gasteiger charge is 2.43. The van der Waals surface area contributed by atoms with Crippen molar-refractivity contribution in [2.75, 3.05) is 21.3 Å². The van der Waals surface area contributed by atoms with E-state index >= 15 is 0 Å². The van der Waals surface area contributed by atoms with Gasteiger partial charge in [0.05, 0.1) is 38.8 Å². The maximum atomic E-state index is 13.4. The van der Waals surface area contributed by atoms with Crippen LogP contribution in [0.15, 0.2) is 24.5 Å². The van der Waals surface area contributed by atoms with Crippen LogP contribution in [-0.2, 0) is 0 Å². The van der Waals surface area contributed by atoms with Crippen LogP contribution in [0.4, 0.5) is 0 Å². The van der Waals surface area contributed by atoms with E-state index in [0.29, 0.717) is 45.6 Å². The summed E-state index contributed by atoms with van der Waals surface area (Å²) >= 11 is 0. The summed E-state index contributed by atoms with van der Waals surface area (Å²) in [5.41, 5.74) is 2.82. The lowest BCUT2D eigenvalue weighted by Gasteiger charge is -2.27. The number of hydrogen-bond donors (Lipinski definition) is 1. The van der Waals surface area contributed by atoms with Crippen molar-refractivity contribution in [3.8, 4) is 28.5 Å². The molecule has 30 heavy (non-hydrogen) atoms. The third kappa shape index (κ3) is 3.09. The molecule has 1 fully saturated rings. The number of hydrogen-bond acceptors (Lipinski definition) is 6. The Morgan fingerprint density at radius 3 is 2.43 bits per heavy atom. The summed E-state index contributed by atoms with van der Waals surface area (Å²) in [6, 6.07) is 3.65. The van der Waals surface area contributed by atoms with E-state index < -0.39 is 0 Å². The molecule has 0 spiro atoms. The van der Waals surface area contributed by atoms with Gasteiger partial charge in [-0.25, -0.2) is 9.97 Å². The predicted octanol–water partition coefficient (Wildman–Crippen LogP) is 4.66. The minimum absolute atomic E-state index is 0.134. The van der Waals surface area contributed by atoms with Gasteiger partial charge in [0.1, 0.15) is 5.52 Å². The molecule has 158 valence electrons. The van der Waals surface area contributed by atoms with Gasteiger partial charge in [0.15, 0.2) is 22.9 Å². The summed E-state index contributed by atoms with van der Waals surface area (Å²) in [5, 5.41) is 0. The number of aromatic amines is 1. The molecule has 7 heteroatoms. The van der Waals surface area contributed by atoms with Crippen LogP contribution in [0.3, 0.4) is 0 Å². The minimum Gasteiger partial charge on any atom is -0.493 e. The number of Topliss-reactive ketones (excluding diaryl/α,β-unsaturated/α-hetero) is 1. The van der Waals surface area contributed by atoms with Gasteiger partial charge in [-0.3, -0.25) is 4.79 Å². The normalized spacial score (nSPS) is 21.0. The zero-order valence-corrected chi connectivity index (χ0v) is 18.0. The molecule has 1 aromatic carbocycles. The molecule has 0 unspecified atom stereocenters. The van der Waals surface area contributed by atoms with E-state index in [9.17, 15) is 4.79 Å². The first kappa shape index (κ1) is 20.2. The highest BCUT2D eigenvalue weighted by atomic mass is 16.5. The molecule has 0 saturated heterocycles. The third-order valence-electron chi connectivity index (χ3n) is 6.53. The molecule has 0 aliphatic heterocycles. The summed E-state index contributed by atoms with van der Waals surface area (Å²) in [5.74, 6) is 2.06. The van der Waals surface area contributed by atoms with Gasteiger partial charge in [-0.05, 0) is 30.9 Å². The van der Waals surface area contributed by atoms with Gasteiger partial charge in [0.2, 0.25) is 5.75 Å². The monoisotopic (exact) mass is 409 g/mol. The summed E-state index contributed by atoms with van der Waals surface area (Å²) in [4.78, 5) is 25.8. The Morgan fingerprint density at radius 2 is 1.87 bits per heavy atom. The molecule has 2 atom stereocenters. The number of nitrogens with one attached hydrogen (secondary N) is 1. The van der Waals surface area contributed by atoms with Crippen LogP contribution in [0.2, 0.25) is 0 Å². The third-order valence-corrected chi connectivity index (χ3v) is 6.53. The fourth-order valence-corrected chi connectivity index (χ4v) is 4.42.